The quantitative estimate of drug-likeness (QED) is 0.828. The summed E-state index contributed by atoms with van der Waals surface area (Å²) >= 11 is 7.24. The number of nitrogens with zero attached hydrogens (tertiary/aromatic N) is 3. The van der Waals surface area contributed by atoms with Crippen molar-refractivity contribution in [1.82, 2.24) is 10.2 Å². The summed E-state index contributed by atoms with van der Waals surface area (Å²) in [4.78, 5) is 25.8. The van der Waals surface area contributed by atoms with E-state index in [-0.39, 0.29) is 17.7 Å². The molecular weight excluding hydrogens is 360 g/mol. The van der Waals surface area contributed by atoms with E-state index in [1.54, 1.807) is 17.0 Å². The Labute approximate surface area is 155 Å². The molecule has 1 fully saturated rings. The molecule has 1 N–H and O–H groups in total. The van der Waals surface area contributed by atoms with Crippen LogP contribution in [0, 0.1) is 0 Å². The number of rotatable bonds is 6. The lowest BCUT2D eigenvalue weighted by Crippen LogP contribution is -2.24. The second-order valence-corrected chi connectivity index (χ2v) is 7.42. The fourth-order valence-corrected chi connectivity index (χ4v) is 3.69. The number of amides is 2. The minimum atomic E-state index is -0.0464. The van der Waals surface area contributed by atoms with Crippen LogP contribution in [-0.2, 0) is 9.59 Å². The fourth-order valence-electron chi connectivity index (χ4n) is 2.71. The van der Waals surface area contributed by atoms with Crippen molar-refractivity contribution in [3.8, 4) is 0 Å². The molecule has 0 saturated carbocycles. The van der Waals surface area contributed by atoms with E-state index in [4.69, 9.17) is 11.6 Å². The highest BCUT2D eigenvalue weighted by molar-refractivity contribution is 7.15. The molecule has 0 spiro atoms. The molecule has 1 aromatic carbocycles. The number of benzene rings is 1. The number of carbonyl (C=O) groups excluding carboxylic acids is 2. The predicted octanol–water partition coefficient (Wildman–Crippen LogP) is 3.84. The number of carbonyl (C=O) groups is 2. The predicted molar refractivity (Wildman–Crippen MR) is 99.2 cm³/mol. The number of aromatic nitrogens is 2. The SMILES string of the molecule is CCCCC(=O)Nc1nnc([C@H]2CC(=O)N(c3ccc(Cl)cc3)C2)s1. The van der Waals surface area contributed by atoms with Crippen molar-refractivity contribution in [2.45, 2.75) is 38.5 Å². The summed E-state index contributed by atoms with van der Waals surface area (Å²) in [5.41, 5.74) is 0.828. The Morgan fingerprint density at radius 2 is 2.12 bits per heavy atom. The molecule has 0 bridgehead atoms. The van der Waals surface area contributed by atoms with Gasteiger partial charge in [0, 0.05) is 36.0 Å². The van der Waals surface area contributed by atoms with Gasteiger partial charge in [-0.1, -0.05) is 36.3 Å². The van der Waals surface area contributed by atoms with Crippen molar-refractivity contribution in [2.24, 2.45) is 0 Å². The Kier molecular flexibility index (Phi) is 5.65. The van der Waals surface area contributed by atoms with Crippen LogP contribution in [0.25, 0.3) is 0 Å². The maximum Gasteiger partial charge on any atom is 0.227 e. The standard InChI is InChI=1S/C17H19ClN4O2S/c1-2-3-4-14(23)19-17-21-20-16(25-17)11-9-15(24)22(10-11)13-7-5-12(18)6-8-13/h5-8,11H,2-4,9-10H2,1H3,(H,19,21,23)/t11-/m0/s1. The van der Waals surface area contributed by atoms with Crippen molar-refractivity contribution >= 4 is 45.6 Å². The van der Waals surface area contributed by atoms with Gasteiger partial charge in [-0.3, -0.25) is 9.59 Å². The molecule has 25 heavy (non-hydrogen) atoms. The van der Waals surface area contributed by atoms with Crippen LogP contribution < -0.4 is 10.2 Å². The molecule has 132 valence electrons. The van der Waals surface area contributed by atoms with Crippen LogP contribution in [-0.4, -0.2) is 28.6 Å². The van der Waals surface area contributed by atoms with Crippen LogP contribution >= 0.6 is 22.9 Å². The Hall–Kier alpha value is -1.99. The number of halogens is 1. The highest BCUT2D eigenvalue weighted by atomic mass is 35.5. The Bertz CT molecular complexity index is 762. The van der Waals surface area contributed by atoms with Crippen LogP contribution in [0.5, 0.6) is 0 Å². The first-order valence-electron chi connectivity index (χ1n) is 8.26. The van der Waals surface area contributed by atoms with E-state index in [2.05, 4.69) is 15.5 Å². The molecule has 1 saturated heterocycles. The summed E-state index contributed by atoms with van der Waals surface area (Å²) < 4.78 is 0. The lowest BCUT2D eigenvalue weighted by Gasteiger charge is -2.16. The van der Waals surface area contributed by atoms with Crippen LogP contribution in [0.2, 0.25) is 5.02 Å². The third-order valence-electron chi connectivity index (χ3n) is 4.06. The topological polar surface area (TPSA) is 75.2 Å². The Balaban J connectivity index is 1.64. The first kappa shape index (κ1) is 17.8. The average Bonchev–Trinajstić information content (AvgIpc) is 3.20. The zero-order valence-corrected chi connectivity index (χ0v) is 15.4. The zero-order valence-electron chi connectivity index (χ0n) is 13.9. The van der Waals surface area contributed by atoms with Crippen LogP contribution in [0.4, 0.5) is 10.8 Å². The summed E-state index contributed by atoms with van der Waals surface area (Å²) in [6.45, 7) is 2.60. The van der Waals surface area contributed by atoms with E-state index in [1.165, 1.54) is 11.3 Å². The van der Waals surface area contributed by atoms with E-state index in [9.17, 15) is 9.59 Å². The molecule has 0 aliphatic carbocycles. The third kappa shape index (κ3) is 4.35. The van der Waals surface area contributed by atoms with Crippen molar-refractivity contribution in [2.75, 3.05) is 16.8 Å². The van der Waals surface area contributed by atoms with Gasteiger partial charge in [-0.25, -0.2) is 0 Å². The molecule has 1 aromatic heterocycles. The zero-order chi connectivity index (χ0) is 17.8. The van der Waals surface area contributed by atoms with Gasteiger partial charge in [0.2, 0.25) is 16.9 Å². The van der Waals surface area contributed by atoms with E-state index >= 15 is 0 Å². The number of hydrogen-bond acceptors (Lipinski definition) is 5. The van der Waals surface area contributed by atoms with Crippen LogP contribution in [0.15, 0.2) is 24.3 Å². The molecule has 2 aromatic rings. The smallest absolute Gasteiger partial charge is 0.227 e. The van der Waals surface area contributed by atoms with Gasteiger partial charge in [0.1, 0.15) is 5.01 Å². The van der Waals surface area contributed by atoms with Gasteiger partial charge in [-0.15, -0.1) is 10.2 Å². The molecule has 0 unspecified atom stereocenters. The second kappa shape index (κ2) is 7.93. The van der Waals surface area contributed by atoms with Crippen molar-refractivity contribution in [3.05, 3.63) is 34.3 Å². The van der Waals surface area contributed by atoms with E-state index in [0.717, 1.165) is 23.5 Å². The van der Waals surface area contributed by atoms with Gasteiger partial charge in [0.05, 0.1) is 0 Å². The summed E-state index contributed by atoms with van der Waals surface area (Å²) in [5, 5.41) is 12.9. The van der Waals surface area contributed by atoms with Crippen molar-refractivity contribution in [1.29, 1.82) is 0 Å². The maximum absolute atomic E-state index is 12.3. The van der Waals surface area contributed by atoms with Crippen molar-refractivity contribution < 1.29 is 9.59 Å². The molecule has 2 amide bonds. The van der Waals surface area contributed by atoms with Gasteiger partial charge in [-0.2, -0.15) is 0 Å². The number of hydrogen-bond donors (Lipinski definition) is 1. The highest BCUT2D eigenvalue weighted by Gasteiger charge is 2.33. The molecule has 2 heterocycles. The monoisotopic (exact) mass is 378 g/mol. The van der Waals surface area contributed by atoms with Gasteiger partial charge in [-0.05, 0) is 30.7 Å². The lowest BCUT2D eigenvalue weighted by molar-refractivity contribution is -0.117. The lowest BCUT2D eigenvalue weighted by atomic mass is 10.1. The maximum atomic E-state index is 12.3. The third-order valence-corrected chi connectivity index (χ3v) is 5.31. The molecule has 3 rings (SSSR count). The summed E-state index contributed by atoms with van der Waals surface area (Å²) in [6.07, 6.45) is 2.70. The number of anilines is 2. The second-order valence-electron chi connectivity index (χ2n) is 5.98. The summed E-state index contributed by atoms with van der Waals surface area (Å²) in [5.74, 6) is -0.00661. The summed E-state index contributed by atoms with van der Waals surface area (Å²) in [7, 11) is 0. The van der Waals surface area contributed by atoms with Crippen LogP contribution in [0.1, 0.15) is 43.5 Å². The molecule has 0 radical (unpaired) electrons. The highest BCUT2D eigenvalue weighted by Crippen LogP contribution is 2.34. The Morgan fingerprint density at radius 3 is 2.84 bits per heavy atom. The molecule has 1 aliphatic rings. The fraction of sp³-hybridized carbons (Fsp3) is 0.412. The molecule has 8 heteroatoms. The number of nitrogens with one attached hydrogen (secondary N) is 1. The molecular formula is C17H19ClN4O2S. The normalized spacial score (nSPS) is 17.1. The minimum Gasteiger partial charge on any atom is -0.312 e. The molecule has 6 nitrogen and oxygen atoms in total. The van der Waals surface area contributed by atoms with Crippen LogP contribution in [0.3, 0.4) is 0 Å². The van der Waals surface area contributed by atoms with Gasteiger partial charge < -0.3 is 10.2 Å². The molecule has 1 aliphatic heterocycles. The summed E-state index contributed by atoms with van der Waals surface area (Å²) in [6, 6.07) is 7.21. The van der Waals surface area contributed by atoms with Gasteiger partial charge in [0.25, 0.3) is 0 Å². The van der Waals surface area contributed by atoms with Gasteiger partial charge >= 0.3 is 0 Å². The van der Waals surface area contributed by atoms with Gasteiger partial charge in [0.15, 0.2) is 0 Å². The minimum absolute atomic E-state index is 0.0121. The largest absolute Gasteiger partial charge is 0.312 e. The van der Waals surface area contributed by atoms with E-state index in [0.29, 0.717) is 29.5 Å². The van der Waals surface area contributed by atoms with Crippen molar-refractivity contribution in [3.63, 3.8) is 0 Å². The first-order valence-corrected chi connectivity index (χ1v) is 9.45. The average molecular weight is 379 g/mol. The first-order chi connectivity index (χ1) is 12.1. The molecule has 1 atom stereocenters. The number of unbranched alkanes of at least 4 members (excludes halogenated alkanes) is 1. The van der Waals surface area contributed by atoms with E-state index < -0.39 is 0 Å². The van der Waals surface area contributed by atoms with E-state index in [1.807, 2.05) is 19.1 Å². The Morgan fingerprint density at radius 1 is 1.36 bits per heavy atom.